The average Bonchev–Trinajstić information content (AvgIpc) is 2.36. The Labute approximate surface area is 74.6 Å². The third-order valence-corrected chi connectivity index (χ3v) is 2.42. The van der Waals surface area contributed by atoms with Crippen molar-refractivity contribution >= 4 is 12.4 Å². The largest absolute Gasteiger partial charge is 0.391 e. The van der Waals surface area contributed by atoms with Gasteiger partial charge in [0.2, 0.25) is 0 Å². The van der Waals surface area contributed by atoms with Gasteiger partial charge in [0.15, 0.2) is 0 Å². The summed E-state index contributed by atoms with van der Waals surface area (Å²) in [4.78, 5) is 0. The molecule has 0 aromatic heterocycles. The fraction of sp³-hybridized carbons (Fsp3) is 1.00. The van der Waals surface area contributed by atoms with Crippen LogP contribution in [-0.2, 0) is 0 Å². The first-order valence-corrected chi connectivity index (χ1v) is 4.15. The van der Waals surface area contributed by atoms with Gasteiger partial charge in [-0.2, -0.15) is 0 Å². The number of aliphatic hydroxyl groups is 1. The maximum absolute atomic E-state index is 9.50. The third kappa shape index (κ3) is 2.97. The quantitative estimate of drug-likeness (QED) is 0.672. The summed E-state index contributed by atoms with van der Waals surface area (Å²) >= 11 is 0. The average molecular weight is 180 g/mol. The lowest BCUT2D eigenvalue weighted by molar-refractivity contribution is 0.0902. The molecule has 0 aromatic carbocycles. The van der Waals surface area contributed by atoms with E-state index in [2.05, 4.69) is 0 Å². The van der Waals surface area contributed by atoms with Crippen LogP contribution in [0.4, 0.5) is 0 Å². The van der Waals surface area contributed by atoms with E-state index in [1.165, 1.54) is 25.7 Å². The molecule has 2 unspecified atom stereocenters. The molecule has 1 rings (SSSR count). The van der Waals surface area contributed by atoms with Crippen LogP contribution in [0.15, 0.2) is 0 Å². The lowest BCUT2D eigenvalue weighted by Gasteiger charge is -2.20. The SMILES string of the molecule is CC(N)C(O)C1CCCC1.Cl. The smallest absolute Gasteiger partial charge is 0.0716 e. The van der Waals surface area contributed by atoms with E-state index in [1.807, 2.05) is 6.92 Å². The highest BCUT2D eigenvalue weighted by Crippen LogP contribution is 2.28. The van der Waals surface area contributed by atoms with Crippen molar-refractivity contribution < 1.29 is 5.11 Å². The van der Waals surface area contributed by atoms with Gasteiger partial charge in [-0.3, -0.25) is 0 Å². The van der Waals surface area contributed by atoms with Crippen LogP contribution in [0, 0.1) is 5.92 Å². The van der Waals surface area contributed by atoms with E-state index >= 15 is 0 Å². The van der Waals surface area contributed by atoms with E-state index in [1.54, 1.807) is 0 Å². The molecule has 1 aliphatic rings. The van der Waals surface area contributed by atoms with E-state index in [-0.39, 0.29) is 24.6 Å². The Kier molecular flexibility index (Phi) is 5.06. The Morgan fingerprint density at radius 2 is 1.82 bits per heavy atom. The zero-order valence-electron chi connectivity index (χ0n) is 6.99. The van der Waals surface area contributed by atoms with Gasteiger partial charge in [0.1, 0.15) is 0 Å². The van der Waals surface area contributed by atoms with Gasteiger partial charge in [-0.15, -0.1) is 12.4 Å². The van der Waals surface area contributed by atoms with Gasteiger partial charge in [0, 0.05) is 6.04 Å². The first-order chi connectivity index (χ1) is 4.72. The summed E-state index contributed by atoms with van der Waals surface area (Å²) in [5.41, 5.74) is 5.57. The molecule has 2 atom stereocenters. The van der Waals surface area contributed by atoms with Crippen LogP contribution in [-0.4, -0.2) is 17.3 Å². The van der Waals surface area contributed by atoms with Gasteiger partial charge in [-0.05, 0) is 25.7 Å². The van der Waals surface area contributed by atoms with Gasteiger partial charge >= 0.3 is 0 Å². The number of hydrogen-bond donors (Lipinski definition) is 2. The fourth-order valence-electron chi connectivity index (χ4n) is 1.73. The van der Waals surface area contributed by atoms with Crippen LogP contribution in [0.5, 0.6) is 0 Å². The number of aliphatic hydroxyl groups excluding tert-OH is 1. The molecular weight excluding hydrogens is 162 g/mol. The van der Waals surface area contributed by atoms with Gasteiger partial charge in [-0.25, -0.2) is 0 Å². The second kappa shape index (κ2) is 4.96. The molecule has 0 saturated heterocycles. The van der Waals surface area contributed by atoms with Crippen LogP contribution in [0.3, 0.4) is 0 Å². The molecule has 0 bridgehead atoms. The standard InChI is InChI=1S/C8H17NO.ClH/c1-6(9)8(10)7-4-2-3-5-7;/h6-8,10H,2-5,9H2,1H3;1H. The van der Waals surface area contributed by atoms with E-state index in [4.69, 9.17) is 5.73 Å². The first kappa shape index (κ1) is 11.2. The zero-order chi connectivity index (χ0) is 7.56. The molecule has 0 spiro atoms. The predicted octanol–water partition coefficient (Wildman–Crippen LogP) is 1.31. The molecule has 2 nitrogen and oxygen atoms in total. The van der Waals surface area contributed by atoms with Crippen molar-refractivity contribution in [2.45, 2.75) is 44.8 Å². The Balaban J connectivity index is 0.000001000. The van der Waals surface area contributed by atoms with E-state index in [0.717, 1.165) is 0 Å². The van der Waals surface area contributed by atoms with Crippen molar-refractivity contribution in [2.24, 2.45) is 11.7 Å². The molecule has 0 aliphatic heterocycles. The highest BCUT2D eigenvalue weighted by molar-refractivity contribution is 5.85. The summed E-state index contributed by atoms with van der Waals surface area (Å²) in [6, 6.07) is -0.0527. The zero-order valence-corrected chi connectivity index (χ0v) is 7.81. The number of halogens is 1. The van der Waals surface area contributed by atoms with E-state index < -0.39 is 0 Å². The Hall–Kier alpha value is 0.210. The van der Waals surface area contributed by atoms with Crippen molar-refractivity contribution in [3.05, 3.63) is 0 Å². The highest BCUT2D eigenvalue weighted by atomic mass is 35.5. The molecule has 1 fully saturated rings. The summed E-state index contributed by atoms with van der Waals surface area (Å²) in [5, 5.41) is 9.50. The number of rotatable bonds is 2. The molecular formula is C8H18ClNO. The van der Waals surface area contributed by atoms with Crippen molar-refractivity contribution in [1.29, 1.82) is 0 Å². The first-order valence-electron chi connectivity index (χ1n) is 4.15. The van der Waals surface area contributed by atoms with Crippen molar-refractivity contribution in [1.82, 2.24) is 0 Å². The molecule has 3 N–H and O–H groups in total. The normalized spacial score (nSPS) is 24.3. The molecule has 0 radical (unpaired) electrons. The van der Waals surface area contributed by atoms with Gasteiger partial charge < -0.3 is 10.8 Å². The molecule has 1 aliphatic carbocycles. The minimum Gasteiger partial charge on any atom is -0.391 e. The number of nitrogens with two attached hydrogens (primary N) is 1. The van der Waals surface area contributed by atoms with Crippen molar-refractivity contribution in [3.63, 3.8) is 0 Å². The topological polar surface area (TPSA) is 46.2 Å². The molecule has 68 valence electrons. The maximum Gasteiger partial charge on any atom is 0.0716 e. The van der Waals surface area contributed by atoms with Gasteiger partial charge in [-0.1, -0.05) is 12.8 Å². The third-order valence-electron chi connectivity index (χ3n) is 2.42. The van der Waals surface area contributed by atoms with Crippen LogP contribution in [0.2, 0.25) is 0 Å². The molecule has 3 heteroatoms. The van der Waals surface area contributed by atoms with Crippen LogP contribution in [0.25, 0.3) is 0 Å². The van der Waals surface area contributed by atoms with Gasteiger partial charge in [0.25, 0.3) is 0 Å². The molecule has 11 heavy (non-hydrogen) atoms. The summed E-state index contributed by atoms with van der Waals surface area (Å²) in [6.45, 7) is 1.88. The lowest BCUT2D eigenvalue weighted by Crippen LogP contribution is -2.36. The molecule has 0 amide bonds. The predicted molar refractivity (Wildman–Crippen MR) is 48.9 cm³/mol. The minimum atomic E-state index is -0.262. The van der Waals surface area contributed by atoms with E-state index in [0.29, 0.717) is 5.92 Å². The van der Waals surface area contributed by atoms with Crippen molar-refractivity contribution in [2.75, 3.05) is 0 Å². The Morgan fingerprint density at radius 1 is 1.36 bits per heavy atom. The Morgan fingerprint density at radius 3 is 2.18 bits per heavy atom. The summed E-state index contributed by atoms with van der Waals surface area (Å²) in [7, 11) is 0. The fourth-order valence-corrected chi connectivity index (χ4v) is 1.73. The van der Waals surface area contributed by atoms with E-state index in [9.17, 15) is 5.11 Å². The lowest BCUT2D eigenvalue weighted by atomic mass is 9.96. The summed E-state index contributed by atoms with van der Waals surface area (Å²) < 4.78 is 0. The monoisotopic (exact) mass is 179 g/mol. The highest BCUT2D eigenvalue weighted by Gasteiger charge is 2.25. The second-order valence-corrected chi connectivity index (χ2v) is 3.39. The number of hydrogen-bond acceptors (Lipinski definition) is 2. The van der Waals surface area contributed by atoms with Crippen molar-refractivity contribution in [3.8, 4) is 0 Å². The summed E-state index contributed by atoms with van der Waals surface area (Å²) in [6.07, 6.45) is 4.62. The van der Waals surface area contributed by atoms with Crippen LogP contribution < -0.4 is 5.73 Å². The molecule has 1 saturated carbocycles. The molecule has 0 heterocycles. The van der Waals surface area contributed by atoms with Crippen LogP contribution >= 0.6 is 12.4 Å². The molecule has 0 aromatic rings. The second-order valence-electron chi connectivity index (χ2n) is 3.39. The summed E-state index contributed by atoms with van der Waals surface area (Å²) in [5.74, 6) is 0.486. The Bertz CT molecular complexity index is 102. The van der Waals surface area contributed by atoms with Gasteiger partial charge in [0.05, 0.1) is 6.10 Å². The maximum atomic E-state index is 9.50. The van der Waals surface area contributed by atoms with Crippen LogP contribution in [0.1, 0.15) is 32.6 Å². The minimum absolute atomic E-state index is 0.